The summed E-state index contributed by atoms with van der Waals surface area (Å²) in [5.74, 6) is 0.424. The normalized spacial score (nSPS) is 15.6. The van der Waals surface area contributed by atoms with E-state index < -0.39 is 0 Å². The Morgan fingerprint density at radius 2 is 2.00 bits per heavy atom. The molecule has 1 nitrogen and oxygen atoms in total. The van der Waals surface area contributed by atoms with Crippen LogP contribution < -0.4 is 0 Å². The molecule has 150 valence electrons. The van der Waals surface area contributed by atoms with Crippen molar-refractivity contribution in [1.29, 1.82) is 0 Å². The summed E-state index contributed by atoms with van der Waals surface area (Å²) in [6, 6.07) is 0. The summed E-state index contributed by atoms with van der Waals surface area (Å²) in [7, 11) is 0. The molecule has 28 heavy (non-hydrogen) atoms. The van der Waals surface area contributed by atoms with Gasteiger partial charge in [-0.15, -0.1) is 0 Å². The van der Waals surface area contributed by atoms with Crippen LogP contribution in [0.15, 0.2) is 74.7 Å². The first kappa shape index (κ1) is 22.9. The molecule has 0 aromatic carbocycles. The van der Waals surface area contributed by atoms with Crippen LogP contribution in [-0.4, -0.2) is 4.57 Å². The van der Waals surface area contributed by atoms with Gasteiger partial charge >= 0.3 is 0 Å². The predicted molar refractivity (Wildman–Crippen MR) is 128 cm³/mol. The highest BCUT2D eigenvalue weighted by Crippen LogP contribution is 2.41. The molecule has 4 heteroatoms. The number of thioether (sulfide) groups is 1. The molecule has 0 aliphatic heterocycles. The van der Waals surface area contributed by atoms with E-state index in [0.29, 0.717) is 12.3 Å². The molecule has 1 heterocycles. The summed E-state index contributed by atoms with van der Waals surface area (Å²) < 4.78 is 2.40. The minimum Gasteiger partial charge on any atom is -0.335 e. The molecule has 0 N–H and O–H groups in total. The van der Waals surface area contributed by atoms with Gasteiger partial charge in [0.05, 0.1) is 5.03 Å². The van der Waals surface area contributed by atoms with Crippen molar-refractivity contribution in [3.63, 3.8) is 0 Å². The molecule has 0 atom stereocenters. The number of hydrogen-bond acceptors (Lipinski definition) is 1. The highest BCUT2D eigenvalue weighted by atomic mass is 35.5. The summed E-state index contributed by atoms with van der Waals surface area (Å²) in [6.45, 7) is 15.6. The second-order valence-electron chi connectivity index (χ2n) is 7.18. The fraction of sp³-hybridized carbons (Fsp3) is 0.333. The average Bonchev–Trinajstić information content (AvgIpc) is 2.74. The van der Waals surface area contributed by atoms with Crippen molar-refractivity contribution in [3.05, 3.63) is 86.5 Å². The highest BCUT2D eigenvalue weighted by Gasteiger charge is 2.22. The molecule has 0 fully saturated rings. The molecule has 0 unspecified atom stereocenters. The van der Waals surface area contributed by atoms with Gasteiger partial charge in [-0.1, -0.05) is 85.8 Å². The summed E-state index contributed by atoms with van der Waals surface area (Å²) in [5, 5.41) is 2.78. The van der Waals surface area contributed by atoms with E-state index in [-0.39, 0.29) is 0 Å². The van der Waals surface area contributed by atoms with Crippen LogP contribution in [0.1, 0.15) is 49.9 Å². The summed E-state index contributed by atoms with van der Waals surface area (Å²) in [6.07, 6.45) is 14.8. The van der Waals surface area contributed by atoms with Gasteiger partial charge in [0.1, 0.15) is 0 Å². The minimum absolute atomic E-state index is 0.424. The first-order valence-electron chi connectivity index (χ1n) is 9.53. The Hall–Kier alpha value is -1.35. The molecule has 2 rings (SSSR count). The summed E-state index contributed by atoms with van der Waals surface area (Å²) in [5.41, 5.74) is 5.24. The van der Waals surface area contributed by atoms with Crippen LogP contribution in [-0.2, 0) is 6.54 Å². The van der Waals surface area contributed by atoms with Crippen molar-refractivity contribution >= 4 is 35.0 Å². The molecule has 0 amide bonds. The predicted octanol–water partition coefficient (Wildman–Crippen LogP) is 8.54. The fourth-order valence-electron chi connectivity index (χ4n) is 3.36. The van der Waals surface area contributed by atoms with Crippen LogP contribution in [0.25, 0.3) is 0 Å². The van der Waals surface area contributed by atoms with E-state index >= 15 is 0 Å². The molecular weight excluding hydrogens is 405 g/mol. The Morgan fingerprint density at radius 3 is 2.61 bits per heavy atom. The van der Waals surface area contributed by atoms with Crippen molar-refractivity contribution in [2.45, 2.75) is 58.5 Å². The lowest BCUT2D eigenvalue weighted by Gasteiger charge is -2.15. The van der Waals surface area contributed by atoms with E-state index in [0.717, 1.165) is 21.5 Å². The van der Waals surface area contributed by atoms with Crippen molar-refractivity contribution < 1.29 is 0 Å². The van der Waals surface area contributed by atoms with E-state index in [9.17, 15) is 0 Å². The maximum Gasteiger partial charge on any atom is 0.0839 e. The first-order chi connectivity index (χ1) is 13.3. The third kappa shape index (κ3) is 5.59. The summed E-state index contributed by atoms with van der Waals surface area (Å²) in [4.78, 5) is 1.06. The number of nitrogens with zero attached hydrogens (tertiary/aromatic N) is 1. The Bertz CT molecular complexity index is 892. The van der Waals surface area contributed by atoms with Crippen molar-refractivity contribution in [2.24, 2.45) is 0 Å². The molecule has 1 aromatic rings. The Morgan fingerprint density at radius 1 is 1.29 bits per heavy atom. The molecule has 0 spiro atoms. The Balaban J connectivity index is 2.59. The van der Waals surface area contributed by atoms with Crippen molar-refractivity contribution in [3.8, 4) is 0 Å². The lowest BCUT2D eigenvalue weighted by molar-refractivity contribution is 0.690. The molecule has 0 saturated carbocycles. The maximum atomic E-state index is 6.36. The molecule has 1 aliphatic carbocycles. The molecule has 1 aromatic heterocycles. The van der Waals surface area contributed by atoms with Gasteiger partial charge < -0.3 is 4.57 Å². The monoisotopic (exact) mass is 433 g/mol. The number of rotatable bonds is 7. The second kappa shape index (κ2) is 10.4. The lowest BCUT2D eigenvalue weighted by atomic mass is 10.0. The average molecular weight is 434 g/mol. The lowest BCUT2D eigenvalue weighted by Crippen LogP contribution is -2.04. The van der Waals surface area contributed by atoms with Crippen LogP contribution in [0.5, 0.6) is 0 Å². The largest absolute Gasteiger partial charge is 0.335 e. The van der Waals surface area contributed by atoms with Crippen LogP contribution in [0.4, 0.5) is 0 Å². The fourth-order valence-corrected chi connectivity index (χ4v) is 5.30. The van der Waals surface area contributed by atoms with E-state index in [2.05, 4.69) is 57.1 Å². The topological polar surface area (TPSA) is 4.93 Å². The van der Waals surface area contributed by atoms with E-state index in [1.54, 1.807) is 11.8 Å². The number of allylic oxidation sites excluding steroid dienone is 10. The zero-order valence-electron chi connectivity index (χ0n) is 17.4. The van der Waals surface area contributed by atoms with E-state index in [1.807, 2.05) is 31.2 Å². The third-order valence-corrected chi connectivity index (χ3v) is 6.38. The van der Waals surface area contributed by atoms with Gasteiger partial charge in [-0.3, -0.25) is 0 Å². The number of halogens is 2. The maximum absolute atomic E-state index is 6.36. The van der Waals surface area contributed by atoms with E-state index in [1.165, 1.54) is 27.4 Å². The van der Waals surface area contributed by atoms with E-state index in [4.69, 9.17) is 23.2 Å². The Kier molecular flexibility index (Phi) is 8.55. The summed E-state index contributed by atoms with van der Waals surface area (Å²) >= 11 is 14.4. The van der Waals surface area contributed by atoms with Crippen LogP contribution in [0.3, 0.4) is 0 Å². The van der Waals surface area contributed by atoms with Crippen LogP contribution in [0.2, 0.25) is 0 Å². The van der Waals surface area contributed by atoms with Gasteiger partial charge in [-0.05, 0) is 55.5 Å². The molecule has 0 saturated heterocycles. The van der Waals surface area contributed by atoms with Gasteiger partial charge in [0.2, 0.25) is 0 Å². The molecular formula is C24H29Cl2NS. The van der Waals surface area contributed by atoms with Crippen molar-refractivity contribution in [1.82, 2.24) is 4.57 Å². The van der Waals surface area contributed by atoms with Crippen LogP contribution in [0, 0.1) is 13.8 Å². The van der Waals surface area contributed by atoms with Crippen molar-refractivity contribution in [2.75, 3.05) is 0 Å². The standard InChI is InChI=1S/C24H29Cl2NS/c1-7-9-19(10-8-2)15-27-18(6)17(5)23(16(3)4)24(27)28-22-13-20(25)11-12-21(26)14-22/h7-11,13-14,16H,1,12,15H2,2-6H3/b10-8-,19-9+. The van der Waals surface area contributed by atoms with Gasteiger partial charge in [-0.2, -0.15) is 0 Å². The minimum atomic E-state index is 0.424. The molecule has 1 aliphatic rings. The zero-order valence-corrected chi connectivity index (χ0v) is 19.7. The number of hydrogen-bond donors (Lipinski definition) is 0. The zero-order chi connectivity index (χ0) is 20.8. The second-order valence-corrected chi connectivity index (χ2v) is 9.16. The van der Waals surface area contributed by atoms with Gasteiger partial charge in [0, 0.05) is 33.6 Å². The Labute approximate surface area is 184 Å². The third-order valence-electron chi connectivity index (χ3n) is 4.74. The number of aromatic nitrogens is 1. The van der Waals surface area contributed by atoms with Gasteiger partial charge in [0.15, 0.2) is 0 Å². The molecule has 0 radical (unpaired) electrons. The first-order valence-corrected chi connectivity index (χ1v) is 11.1. The van der Waals surface area contributed by atoms with Gasteiger partial charge in [0.25, 0.3) is 0 Å². The highest BCUT2D eigenvalue weighted by molar-refractivity contribution is 8.03. The quantitative estimate of drug-likeness (QED) is 0.389. The van der Waals surface area contributed by atoms with Crippen LogP contribution >= 0.6 is 35.0 Å². The smallest absolute Gasteiger partial charge is 0.0839 e. The molecule has 0 bridgehead atoms. The SMILES string of the molecule is C=C/C=C(\C=C/C)Cn1c(C)c(C)c(C(C)C)c1SC1=CC(Cl)=CCC(Cl)=C1. The van der Waals surface area contributed by atoms with Gasteiger partial charge in [-0.25, -0.2) is 0 Å².